The number of carbonyl (C=O) groups is 1. The van der Waals surface area contributed by atoms with Gasteiger partial charge in [0, 0.05) is 33.2 Å². The van der Waals surface area contributed by atoms with Gasteiger partial charge >= 0.3 is 0 Å². The minimum Gasteiger partial charge on any atom is -0.489 e. The fraction of sp³-hybridized carbons (Fsp3) is 0.600. The Kier molecular flexibility index (Phi) is 11.2. The minimum atomic E-state index is 0. The first kappa shape index (κ1) is 24.5. The summed E-state index contributed by atoms with van der Waals surface area (Å²) in [7, 11) is 3.46. The molecule has 1 atom stereocenters. The summed E-state index contributed by atoms with van der Waals surface area (Å²) in [5.74, 6) is 1.74. The SMILES string of the molecule is CN=C(NCC(C)Oc1ccc(C)cc1)NC1CCN(CC(=O)NC)CC1.I. The first-order valence-corrected chi connectivity index (χ1v) is 9.63. The summed E-state index contributed by atoms with van der Waals surface area (Å²) < 4.78 is 5.93. The lowest BCUT2D eigenvalue weighted by Crippen LogP contribution is -2.51. The highest BCUT2D eigenvalue weighted by atomic mass is 127. The van der Waals surface area contributed by atoms with Crippen molar-refractivity contribution in [2.75, 3.05) is 40.3 Å². The van der Waals surface area contributed by atoms with E-state index in [0.29, 0.717) is 19.1 Å². The number of hydrogen-bond donors (Lipinski definition) is 3. The molecule has 0 spiro atoms. The van der Waals surface area contributed by atoms with E-state index in [-0.39, 0.29) is 36.0 Å². The molecule has 1 aromatic rings. The number of aryl methyl sites for hydroxylation is 1. The van der Waals surface area contributed by atoms with Crippen LogP contribution in [0.4, 0.5) is 0 Å². The molecular weight excluding hydrogens is 469 g/mol. The molecule has 0 bridgehead atoms. The molecule has 1 heterocycles. The van der Waals surface area contributed by atoms with Gasteiger partial charge in [-0.25, -0.2) is 0 Å². The molecule has 2 rings (SSSR count). The quantitative estimate of drug-likeness (QED) is 0.301. The largest absolute Gasteiger partial charge is 0.489 e. The maximum Gasteiger partial charge on any atom is 0.233 e. The number of halogens is 1. The van der Waals surface area contributed by atoms with Crippen molar-refractivity contribution in [2.45, 2.75) is 38.8 Å². The van der Waals surface area contributed by atoms with Crippen LogP contribution in [0.2, 0.25) is 0 Å². The van der Waals surface area contributed by atoms with Gasteiger partial charge in [0.15, 0.2) is 5.96 Å². The highest BCUT2D eigenvalue weighted by molar-refractivity contribution is 14.0. The minimum absolute atomic E-state index is 0. The lowest BCUT2D eigenvalue weighted by Gasteiger charge is -2.32. The van der Waals surface area contributed by atoms with Gasteiger partial charge in [-0.1, -0.05) is 17.7 Å². The van der Waals surface area contributed by atoms with Crippen molar-refractivity contribution in [1.82, 2.24) is 20.9 Å². The molecule has 1 amide bonds. The lowest BCUT2D eigenvalue weighted by molar-refractivity contribution is -0.122. The van der Waals surface area contributed by atoms with Gasteiger partial charge in [-0.3, -0.25) is 14.7 Å². The number of piperidine rings is 1. The van der Waals surface area contributed by atoms with Crippen LogP contribution in [0.3, 0.4) is 0 Å². The number of guanidine groups is 1. The molecule has 0 aromatic heterocycles. The summed E-state index contributed by atoms with van der Waals surface area (Å²) in [6, 6.07) is 8.45. The van der Waals surface area contributed by atoms with Crippen LogP contribution in [0.25, 0.3) is 0 Å². The third-order valence-corrected chi connectivity index (χ3v) is 4.71. The van der Waals surface area contributed by atoms with Crippen LogP contribution in [0.1, 0.15) is 25.3 Å². The maximum atomic E-state index is 11.5. The van der Waals surface area contributed by atoms with Gasteiger partial charge in [0.05, 0.1) is 13.1 Å². The Labute approximate surface area is 185 Å². The van der Waals surface area contributed by atoms with Crippen molar-refractivity contribution in [2.24, 2.45) is 4.99 Å². The Balaban J connectivity index is 0.00000392. The van der Waals surface area contributed by atoms with Crippen LogP contribution in [0, 0.1) is 6.92 Å². The van der Waals surface area contributed by atoms with Gasteiger partial charge in [0.2, 0.25) is 5.91 Å². The topological polar surface area (TPSA) is 78.0 Å². The van der Waals surface area contributed by atoms with Gasteiger partial charge in [-0.05, 0) is 38.8 Å². The van der Waals surface area contributed by atoms with Crippen molar-refractivity contribution in [3.63, 3.8) is 0 Å². The molecule has 1 aliphatic heterocycles. The predicted octanol–water partition coefficient (Wildman–Crippen LogP) is 1.76. The molecule has 158 valence electrons. The second kappa shape index (κ2) is 12.8. The zero-order chi connectivity index (χ0) is 19.6. The monoisotopic (exact) mass is 503 g/mol. The van der Waals surface area contributed by atoms with Gasteiger partial charge < -0.3 is 20.7 Å². The summed E-state index contributed by atoms with van der Waals surface area (Å²) in [6.45, 7) is 7.07. The normalized spacial score (nSPS) is 16.6. The molecule has 0 radical (unpaired) electrons. The third-order valence-electron chi connectivity index (χ3n) is 4.71. The summed E-state index contributed by atoms with van der Waals surface area (Å²) in [5.41, 5.74) is 1.22. The number of aliphatic imine (C=N–C) groups is 1. The molecule has 0 aliphatic carbocycles. The number of hydrogen-bond acceptors (Lipinski definition) is 4. The second-order valence-corrected chi connectivity index (χ2v) is 7.06. The van der Waals surface area contributed by atoms with E-state index in [4.69, 9.17) is 4.74 Å². The average Bonchev–Trinajstić information content (AvgIpc) is 2.68. The van der Waals surface area contributed by atoms with E-state index in [9.17, 15) is 4.79 Å². The van der Waals surface area contributed by atoms with E-state index in [1.807, 2.05) is 31.2 Å². The molecule has 1 aliphatic rings. The zero-order valence-electron chi connectivity index (χ0n) is 17.3. The summed E-state index contributed by atoms with van der Waals surface area (Å²) in [6.07, 6.45) is 2.01. The van der Waals surface area contributed by atoms with E-state index >= 15 is 0 Å². The van der Waals surface area contributed by atoms with Gasteiger partial charge in [-0.15, -0.1) is 24.0 Å². The molecular formula is C20H34IN5O2. The van der Waals surface area contributed by atoms with E-state index in [0.717, 1.165) is 37.6 Å². The summed E-state index contributed by atoms with van der Waals surface area (Å²) >= 11 is 0. The zero-order valence-corrected chi connectivity index (χ0v) is 19.7. The number of likely N-dealkylation sites (tertiary alicyclic amines) is 1. The summed E-state index contributed by atoms with van der Waals surface area (Å²) in [4.78, 5) is 18.0. The van der Waals surface area contributed by atoms with Crippen molar-refractivity contribution in [3.05, 3.63) is 29.8 Å². The molecule has 7 nitrogen and oxygen atoms in total. The Bertz CT molecular complexity index is 616. The van der Waals surface area contributed by atoms with Gasteiger partial charge in [0.1, 0.15) is 11.9 Å². The van der Waals surface area contributed by atoms with Crippen LogP contribution in [-0.4, -0.2) is 69.2 Å². The predicted molar refractivity (Wildman–Crippen MR) is 125 cm³/mol. The van der Waals surface area contributed by atoms with E-state index in [1.165, 1.54) is 5.56 Å². The lowest BCUT2D eigenvalue weighted by atomic mass is 10.1. The number of carbonyl (C=O) groups excluding carboxylic acids is 1. The van der Waals surface area contributed by atoms with Gasteiger partial charge in [0.25, 0.3) is 0 Å². The number of ether oxygens (including phenoxy) is 1. The van der Waals surface area contributed by atoms with Crippen LogP contribution in [-0.2, 0) is 4.79 Å². The number of nitrogens with one attached hydrogen (secondary N) is 3. The molecule has 1 saturated heterocycles. The fourth-order valence-electron chi connectivity index (χ4n) is 3.04. The number of nitrogens with zero attached hydrogens (tertiary/aromatic N) is 2. The van der Waals surface area contributed by atoms with Crippen LogP contribution in [0.15, 0.2) is 29.3 Å². The number of rotatable bonds is 7. The Morgan fingerprint density at radius 1 is 1.29 bits per heavy atom. The third kappa shape index (κ3) is 8.64. The molecule has 0 saturated carbocycles. The van der Waals surface area contributed by atoms with Crippen molar-refractivity contribution >= 4 is 35.8 Å². The highest BCUT2D eigenvalue weighted by Gasteiger charge is 2.21. The smallest absolute Gasteiger partial charge is 0.233 e. The van der Waals surface area contributed by atoms with E-state index < -0.39 is 0 Å². The average molecular weight is 503 g/mol. The second-order valence-electron chi connectivity index (χ2n) is 7.06. The Morgan fingerprint density at radius 2 is 1.93 bits per heavy atom. The van der Waals surface area contributed by atoms with Crippen LogP contribution in [0.5, 0.6) is 5.75 Å². The van der Waals surface area contributed by atoms with E-state index in [1.54, 1.807) is 14.1 Å². The van der Waals surface area contributed by atoms with Crippen molar-refractivity contribution in [3.8, 4) is 5.75 Å². The molecule has 28 heavy (non-hydrogen) atoms. The number of amides is 1. The van der Waals surface area contributed by atoms with E-state index in [2.05, 4.69) is 32.8 Å². The molecule has 1 unspecified atom stereocenters. The highest BCUT2D eigenvalue weighted by Crippen LogP contribution is 2.13. The molecule has 1 fully saturated rings. The Morgan fingerprint density at radius 3 is 2.50 bits per heavy atom. The first-order valence-electron chi connectivity index (χ1n) is 9.63. The van der Waals surface area contributed by atoms with Crippen LogP contribution < -0.4 is 20.7 Å². The fourth-order valence-corrected chi connectivity index (χ4v) is 3.04. The standard InChI is InChI=1S/C20H33N5O2.HI/c1-15-5-7-18(8-6-15)27-16(2)13-23-20(22-4)24-17-9-11-25(12-10-17)14-19(26)21-3;/h5-8,16-17H,9-14H2,1-4H3,(H,21,26)(H2,22,23,24);1H. The van der Waals surface area contributed by atoms with Gasteiger partial charge in [-0.2, -0.15) is 0 Å². The molecule has 3 N–H and O–H groups in total. The first-order chi connectivity index (χ1) is 13.0. The van der Waals surface area contributed by atoms with Crippen LogP contribution >= 0.6 is 24.0 Å². The van der Waals surface area contributed by atoms with Crippen molar-refractivity contribution < 1.29 is 9.53 Å². The van der Waals surface area contributed by atoms with Crippen molar-refractivity contribution in [1.29, 1.82) is 0 Å². The number of likely N-dealkylation sites (N-methyl/N-ethyl adjacent to an activating group) is 1. The Hall–Kier alpha value is -1.55. The molecule has 1 aromatic carbocycles. The molecule has 8 heteroatoms. The maximum absolute atomic E-state index is 11.5. The summed E-state index contributed by atoms with van der Waals surface area (Å²) in [5, 5.41) is 9.49. The number of benzene rings is 1.